The number of carboxylic acid groups (broad SMARTS) is 1. The van der Waals surface area contributed by atoms with E-state index < -0.39 is 16.0 Å². The Bertz CT molecular complexity index is 721. The van der Waals surface area contributed by atoms with Gasteiger partial charge < -0.3 is 10.1 Å². The zero-order valence-corrected chi connectivity index (χ0v) is 10.7. The van der Waals surface area contributed by atoms with E-state index in [0.29, 0.717) is 5.69 Å². The highest BCUT2D eigenvalue weighted by molar-refractivity contribution is 7.92. The molecule has 100 valence electrons. The Morgan fingerprint density at radius 3 is 2.74 bits per heavy atom. The van der Waals surface area contributed by atoms with Crippen LogP contribution >= 0.6 is 0 Å². The lowest BCUT2D eigenvalue weighted by Crippen LogP contribution is -2.13. The second kappa shape index (κ2) is 4.73. The first kappa shape index (κ1) is 13.1. The predicted molar refractivity (Wildman–Crippen MR) is 67.5 cm³/mol. The lowest BCUT2D eigenvalue weighted by Gasteiger charge is -2.05. The topological polar surface area (TPSA) is 112 Å². The van der Waals surface area contributed by atoms with Crippen LogP contribution in [0.25, 0.3) is 0 Å². The summed E-state index contributed by atoms with van der Waals surface area (Å²) < 4.78 is 26.2. The minimum atomic E-state index is -3.85. The van der Waals surface area contributed by atoms with Gasteiger partial charge in [-0.25, -0.2) is 18.2 Å². The molecule has 7 nitrogen and oxygen atoms in total. The molecule has 0 aromatic carbocycles. The number of carbonyl (C=O) groups is 1. The second-order valence-electron chi connectivity index (χ2n) is 3.82. The van der Waals surface area contributed by atoms with Crippen molar-refractivity contribution in [2.75, 3.05) is 4.72 Å². The lowest BCUT2D eigenvalue weighted by molar-refractivity contribution is 0.0691. The summed E-state index contributed by atoms with van der Waals surface area (Å²) in [4.78, 5) is 16.9. The van der Waals surface area contributed by atoms with Crippen molar-refractivity contribution in [2.45, 2.75) is 11.8 Å². The van der Waals surface area contributed by atoms with E-state index in [1.54, 1.807) is 19.1 Å². The number of carboxylic acids is 1. The highest BCUT2D eigenvalue weighted by atomic mass is 32.2. The molecule has 0 aliphatic rings. The molecule has 19 heavy (non-hydrogen) atoms. The fourth-order valence-corrected chi connectivity index (χ4v) is 2.44. The molecule has 2 aromatic heterocycles. The van der Waals surface area contributed by atoms with Crippen molar-refractivity contribution in [1.29, 1.82) is 0 Å². The van der Waals surface area contributed by atoms with Crippen LogP contribution in [0.15, 0.2) is 35.4 Å². The van der Waals surface area contributed by atoms with Crippen LogP contribution in [0.2, 0.25) is 0 Å². The van der Waals surface area contributed by atoms with Gasteiger partial charge in [-0.05, 0) is 25.1 Å². The zero-order valence-electron chi connectivity index (χ0n) is 9.91. The molecule has 2 heterocycles. The summed E-state index contributed by atoms with van der Waals surface area (Å²) in [5, 5.41) is 8.73. The van der Waals surface area contributed by atoms with Gasteiger partial charge >= 0.3 is 5.97 Å². The van der Waals surface area contributed by atoms with Gasteiger partial charge in [-0.2, -0.15) is 0 Å². The molecule has 0 saturated carbocycles. The molecule has 0 radical (unpaired) electrons. The van der Waals surface area contributed by atoms with Crippen LogP contribution in [0.5, 0.6) is 0 Å². The van der Waals surface area contributed by atoms with Crippen molar-refractivity contribution in [3.05, 3.63) is 41.9 Å². The van der Waals surface area contributed by atoms with Crippen molar-refractivity contribution in [2.24, 2.45) is 0 Å². The molecule has 0 amide bonds. The number of aromatic amines is 1. The van der Waals surface area contributed by atoms with E-state index in [1.807, 2.05) is 0 Å². The second-order valence-corrected chi connectivity index (χ2v) is 5.51. The quantitative estimate of drug-likeness (QED) is 0.780. The number of hydrogen-bond donors (Lipinski definition) is 3. The molecule has 0 fully saturated rings. The number of aromatic carboxylic acids is 1. The molecule has 2 rings (SSSR count). The molecular formula is C11H11N3O4S. The number of H-pyrrole nitrogens is 1. The molecule has 8 heteroatoms. The minimum absolute atomic E-state index is 0.159. The molecule has 0 bridgehead atoms. The number of anilines is 1. The van der Waals surface area contributed by atoms with E-state index in [2.05, 4.69) is 14.7 Å². The third kappa shape index (κ3) is 2.91. The molecule has 3 N–H and O–H groups in total. The van der Waals surface area contributed by atoms with Gasteiger partial charge in [0.05, 0.1) is 0 Å². The van der Waals surface area contributed by atoms with Gasteiger partial charge in [0.1, 0.15) is 16.4 Å². The molecule has 0 unspecified atom stereocenters. The van der Waals surface area contributed by atoms with E-state index in [0.717, 1.165) is 12.3 Å². The Balaban J connectivity index is 2.29. The predicted octanol–water partition coefficient (Wildman–Crippen LogP) is 1.22. The first-order valence-electron chi connectivity index (χ1n) is 5.27. The van der Waals surface area contributed by atoms with E-state index in [1.165, 1.54) is 6.07 Å². The Kier molecular flexibility index (Phi) is 3.26. The summed E-state index contributed by atoms with van der Waals surface area (Å²) in [6.07, 6.45) is 1.11. The molecule has 0 spiro atoms. The summed E-state index contributed by atoms with van der Waals surface area (Å²) in [6, 6.07) is 5.95. The Hall–Kier alpha value is -2.35. The number of aryl methyl sites for hydroxylation is 1. The van der Waals surface area contributed by atoms with Crippen molar-refractivity contribution in [3.8, 4) is 0 Å². The highest BCUT2D eigenvalue weighted by Gasteiger charge is 2.18. The average molecular weight is 281 g/mol. The molecule has 2 aromatic rings. The minimum Gasteiger partial charge on any atom is -0.477 e. The number of aromatic nitrogens is 2. The first-order valence-corrected chi connectivity index (χ1v) is 6.75. The molecule has 0 aliphatic heterocycles. The molecule has 0 saturated heterocycles. The largest absolute Gasteiger partial charge is 0.477 e. The SMILES string of the molecule is Cc1cccc(NS(=O)(=O)c2c[nH]c(C(=O)O)c2)n1. The number of hydrogen-bond acceptors (Lipinski definition) is 4. The number of sulfonamides is 1. The van der Waals surface area contributed by atoms with E-state index >= 15 is 0 Å². The van der Waals surface area contributed by atoms with Crippen LogP contribution < -0.4 is 4.72 Å². The average Bonchev–Trinajstić information content (AvgIpc) is 2.78. The summed E-state index contributed by atoms with van der Waals surface area (Å²) >= 11 is 0. The van der Waals surface area contributed by atoms with Crippen LogP contribution in [-0.4, -0.2) is 29.5 Å². The smallest absolute Gasteiger partial charge is 0.352 e. The van der Waals surface area contributed by atoms with Crippen molar-refractivity contribution in [1.82, 2.24) is 9.97 Å². The van der Waals surface area contributed by atoms with Gasteiger partial charge in [0.25, 0.3) is 10.0 Å². The van der Waals surface area contributed by atoms with Gasteiger partial charge in [0.15, 0.2) is 0 Å². The molecule has 0 atom stereocenters. The lowest BCUT2D eigenvalue weighted by atomic mass is 10.4. The number of rotatable bonds is 4. The van der Waals surface area contributed by atoms with E-state index in [4.69, 9.17) is 5.11 Å². The Labute approximate surface area is 109 Å². The summed E-state index contributed by atoms with van der Waals surface area (Å²) in [5.74, 6) is -1.05. The maximum absolute atomic E-state index is 12.0. The van der Waals surface area contributed by atoms with Crippen LogP contribution in [0.4, 0.5) is 5.82 Å². The maximum Gasteiger partial charge on any atom is 0.352 e. The monoisotopic (exact) mass is 281 g/mol. The third-order valence-electron chi connectivity index (χ3n) is 2.32. The van der Waals surface area contributed by atoms with Gasteiger partial charge in [0, 0.05) is 11.9 Å². The Morgan fingerprint density at radius 1 is 1.42 bits per heavy atom. The van der Waals surface area contributed by atoms with Crippen LogP contribution in [0, 0.1) is 6.92 Å². The van der Waals surface area contributed by atoms with E-state index in [-0.39, 0.29) is 16.4 Å². The van der Waals surface area contributed by atoms with Gasteiger partial charge in [-0.3, -0.25) is 4.72 Å². The number of pyridine rings is 1. The summed E-state index contributed by atoms with van der Waals surface area (Å²) in [6.45, 7) is 1.73. The zero-order chi connectivity index (χ0) is 14.0. The maximum atomic E-state index is 12.0. The van der Waals surface area contributed by atoms with Crippen LogP contribution in [0.3, 0.4) is 0 Å². The normalized spacial score (nSPS) is 11.2. The van der Waals surface area contributed by atoms with Crippen LogP contribution in [0.1, 0.15) is 16.2 Å². The van der Waals surface area contributed by atoms with Gasteiger partial charge in [-0.15, -0.1) is 0 Å². The number of nitrogens with one attached hydrogen (secondary N) is 2. The van der Waals surface area contributed by atoms with Gasteiger partial charge in [-0.1, -0.05) is 6.07 Å². The number of nitrogens with zero attached hydrogens (tertiary/aromatic N) is 1. The summed E-state index contributed by atoms with van der Waals surface area (Å²) in [5.41, 5.74) is 0.470. The molecular weight excluding hydrogens is 270 g/mol. The summed E-state index contributed by atoms with van der Waals surface area (Å²) in [7, 11) is -3.85. The standard InChI is InChI=1S/C11H11N3O4S/c1-7-3-2-4-10(13-7)14-19(17,18)8-5-9(11(15)16)12-6-8/h2-6,12H,1H3,(H,13,14)(H,15,16). The fraction of sp³-hybridized carbons (Fsp3) is 0.0909. The third-order valence-corrected chi connectivity index (χ3v) is 3.66. The van der Waals surface area contributed by atoms with Gasteiger partial charge in [0.2, 0.25) is 0 Å². The van der Waals surface area contributed by atoms with Crippen molar-refractivity contribution < 1.29 is 18.3 Å². The highest BCUT2D eigenvalue weighted by Crippen LogP contribution is 2.15. The van der Waals surface area contributed by atoms with E-state index in [9.17, 15) is 13.2 Å². The van der Waals surface area contributed by atoms with Crippen molar-refractivity contribution >= 4 is 21.8 Å². The molecule has 0 aliphatic carbocycles. The fourth-order valence-electron chi connectivity index (χ4n) is 1.45. The van der Waals surface area contributed by atoms with Crippen LogP contribution in [-0.2, 0) is 10.0 Å². The van der Waals surface area contributed by atoms with Crippen molar-refractivity contribution in [3.63, 3.8) is 0 Å². The Morgan fingerprint density at radius 2 is 2.16 bits per heavy atom. The first-order chi connectivity index (χ1) is 8.88.